The van der Waals surface area contributed by atoms with Crippen LogP contribution >= 0.6 is 11.6 Å². The van der Waals surface area contributed by atoms with Crippen molar-refractivity contribution in [1.29, 1.82) is 0 Å². The summed E-state index contributed by atoms with van der Waals surface area (Å²) in [7, 11) is 3.21. The standard InChI is InChI=1S/C28H31ClO6/c1-28(21-6-10-23(11-7-21)34-18-30-2)17-33-26-16-24(35-19-31-3)12-13-25(26)27(28)20-4-8-22(9-5-20)32-15-14-29/h4-13,16,27H,14-15,17-19H2,1-3H3/t27-,28-/m1/s1. The van der Waals surface area contributed by atoms with Crippen molar-refractivity contribution in [1.82, 2.24) is 0 Å². The minimum absolute atomic E-state index is 0.0375. The highest BCUT2D eigenvalue weighted by Gasteiger charge is 2.43. The van der Waals surface area contributed by atoms with E-state index in [2.05, 4.69) is 37.3 Å². The average Bonchev–Trinajstić information content (AvgIpc) is 2.90. The van der Waals surface area contributed by atoms with Gasteiger partial charge in [-0.2, -0.15) is 0 Å². The van der Waals surface area contributed by atoms with Crippen molar-refractivity contribution < 1.29 is 28.4 Å². The summed E-state index contributed by atoms with van der Waals surface area (Å²) in [6.45, 7) is 3.60. The lowest BCUT2D eigenvalue weighted by Gasteiger charge is -2.43. The van der Waals surface area contributed by atoms with Crippen molar-refractivity contribution in [3.63, 3.8) is 0 Å². The molecule has 0 N–H and O–H groups in total. The lowest BCUT2D eigenvalue weighted by atomic mass is 9.65. The molecule has 3 aromatic rings. The maximum absolute atomic E-state index is 6.33. The van der Waals surface area contributed by atoms with Gasteiger partial charge in [-0.3, -0.25) is 0 Å². The zero-order valence-electron chi connectivity index (χ0n) is 20.3. The number of hydrogen-bond donors (Lipinski definition) is 0. The van der Waals surface area contributed by atoms with E-state index >= 15 is 0 Å². The fraction of sp³-hybridized carbons (Fsp3) is 0.357. The van der Waals surface area contributed by atoms with Crippen molar-refractivity contribution in [3.8, 4) is 23.0 Å². The first-order valence-corrected chi connectivity index (χ1v) is 12.0. The van der Waals surface area contributed by atoms with Crippen LogP contribution in [0.4, 0.5) is 0 Å². The SMILES string of the molecule is COCOc1ccc([C@@]2(C)COc3cc(OCOC)ccc3[C@H]2c2ccc(OCCCl)cc2)cc1. The molecule has 1 heterocycles. The van der Waals surface area contributed by atoms with Crippen LogP contribution in [0.15, 0.2) is 66.7 Å². The van der Waals surface area contributed by atoms with Crippen molar-refractivity contribution in [2.24, 2.45) is 0 Å². The summed E-state index contributed by atoms with van der Waals surface area (Å²) >= 11 is 5.78. The van der Waals surface area contributed by atoms with E-state index in [9.17, 15) is 0 Å². The highest BCUT2D eigenvalue weighted by atomic mass is 35.5. The van der Waals surface area contributed by atoms with Crippen molar-refractivity contribution >= 4 is 11.6 Å². The molecule has 4 rings (SSSR count). The molecular formula is C28H31ClO6. The Morgan fingerprint density at radius 1 is 0.829 bits per heavy atom. The number of hydrogen-bond acceptors (Lipinski definition) is 6. The van der Waals surface area contributed by atoms with Gasteiger partial charge in [0.1, 0.15) is 29.6 Å². The summed E-state index contributed by atoms with van der Waals surface area (Å²) < 4.78 is 33.3. The minimum Gasteiger partial charge on any atom is -0.492 e. The van der Waals surface area contributed by atoms with Gasteiger partial charge in [-0.05, 0) is 41.5 Å². The van der Waals surface area contributed by atoms with E-state index < -0.39 is 0 Å². The predicted molar refractivity (Wildman–Crippen MR) is 135 cm³/mol. The van der Waals surface area contributed by atoms with Gasteiger partial charge in [-0.15, -0.1) is 11.6 Å². The first-order chi connectivity index (χ1) is 17.1. The fourth-order valence-corrected chi connectivity index (χ4v) is 4.60. The molecule has 1 aliphatic heterocycles. The van der Waals surface area contributed by atoms with E-state index in [-0.39, 0.29) is 24.9 Å². The lowest BCUT2D eigenvalue weighted by Crippen LogP contribution is -2.41. The molecule has 3 aromatic carbocycles. The second-order valence-corrected chi connectivity index (χ2v) is 8.95. The van der Waals surface area contributed by atoms with Gasteiger partial charge in [-0.1, -0.05) is 37.3 Å². The van der Waals surface area contributed by atoms with E-state index in [4.69, 9.17) is 40.0 Å². The molecule has 0 fully saturated rings. The topological polar surface area (TPSA) is 55.4 Å². The molecule has 6 nitrogen and oxygen atoms in total. The van der Waals surface area contributed by atoms with Crippen LogP contribution in [0.25, 0.3) is 0 Å². The molecule has 0 bridgehead atoms. The number of rotatable bonds is 11. The molecule has 0 saturated carbocycles. The van der Waals surface area contributed by atoms with E-state index in [1.54, 1.807) is 14.2 Å². The molecule has 0 aliphatic carbocycles. The summed E-state index contributed by atoms with van der Waals surface area (Å²) in [5.41, 5.74) is 3.08. The first-order valence-electron chi connectivity index (χ1n) is 11.5. The van der Waals surface area contributed by atoms with Crippen LogP contribution in [0, 0.1) is 0 Å². The first kappa shape index (κ1) is 25.2. The van der Waals surface area contributed by atoms with Crippen molar-refractivity contribution in [2.75, 3.05) is 46.9 Å². The molecule has 0 spiro atoms. The molecule has 7 heteroatoms. The number of halogens is 1. The molecular weight excluding hydrogens is 468 g/mol. The zero-order valence-corrected chi connectivity index (χ0v) is 21.0. The fourth-order valence-electron chi connectivity index (χ4n) is 4.52. The minimum atomic E-state index is -0.333. The van der Waals surface area contributed by atoms with Crippen LogP contribution in [0.1, 0.15) is 29.5 Å². The second kappa shape index (κ2) is 11.7. The largest absolute Gasteiger partial charge is 0.492 e. The Kier molecular flexibility index (Phi) is 8.39. The molecule has 0 saturated heterocycles. The van der Waals surface area contributed by atoms with Crippen LogP contribution in [-0.2, 0) is 14.9 Å². The molecule has 35 heavy (non-hydrogen) atoms. The van der Waals surface area contributed by atoms with Crippen molar-refractivity contribution in [2.45, 2.75) is 18.3 Å². The Bertz CT molecular complexity index is 1090. The molecule has 0 unspecified atom stereocenters. The zero-order chi connectivity index (χ0) is 24.7. The van der Waals surface area contributed by atoms with Gasteiger partial charge >= 0.3 is 0 Å². The third kappa shape index (κ3) is 5.67. The maximum Gasteiger partial charge on any atom is 0.188 e. The Balaban J connectivity index is 1.72. The lowest BCUT2D eigenvalue weighted by molar-refractivity contribution is 0.0505. The Hall–Kier alpha value is -2.93. The molecule has 0 aromatic heterocycles. The van der Waals surface area contributed by atoms with E-state index in [0.717, 1.165) is 28.4 Å². The number of alkyl halides is 1. The average molecular weight is 499 g/mol. The summed E-state index contributed by atoms with van der Waals surface area (Å²) in [5, 5.41) is 0. The van der Waals surface area contributed by atoms with Gasteiger partial charge in [0.05, 0.1) is 12.5 Å². The van der Waals surface area contributed by atoms with Gasteiger partial charge in [0, 0.05) is 37.2 Å². The monoisotopic (exact) mass is 498 g/mol. The summed E-state index contributed by atoms with van der Waals surface area (Å²) in [6.07, 6.45) is 0. The summed E-state index contributed by atoms with van der Waals surface area (Å²) in [4.78, 5) is 0. The quantitative estimate of drug-likeness (QED) is 0.248. The second-order valence-electron chi connectivity index (χ2n) is 8.57. The van der Waals surface area contributed by atoms with Crippen LogP contribution in [-0.4, -0.2) is 46.9 Å². The molecule has 186 valence electrons. The molecule has 0 radical (unpaired) electrons. The smallest absolute Gasteiger partial charge is 0.188 e. The molecule has 2 atom stereocenters. The summed E-state index contributed by atoms with van der Waals surface area (Å²) in [6, 6.07) is 22.3. The van der Waals surface area contributed by atoms with E-state index in [0.29, 0.717) is 24.8 Å². The Labute approximate surface area is 211 Å². The van der Waals surface area contributed by atoms with Gasteiger partial charge in [0.2, 0.25) is 0 Å². The van der Waals surface area contributed by atoms with Crippen LogP contribution < -0.4 is 18.9 Å². The summed E-state index contributed by atoms with van der Waals surface area (Å²) in [5.74, 6) is 3.56. The number of ether oxygens (including phenoxy) is 6. The highest BCUT2D eigenvalue weighted by Crippen LogP contribution is 2.51. The highest BCUT2D eigenvalue weighted by molar-refractivity contribution is 6.18. The molecule has 1 aliphatic rings. The number of fused-ring (bicyclic) bond motifs is 1. The predicted octanol–water partition coefficient (Wildman–Crippen LogP) is 5.75. The van der Waals surface area contributed by atoms with Crippen LogP contribution in [0.2, 0.25) is 0 Å². The van der Waals surface area contributed by atoms with Crippen LogP contribution in [0.3, 0.4) is 0 Å². The number of methoxy groups -OCH3 is 2. The third-order valence-corrected chi connectivity index (χ3v) is 6.37. The van der Waals surface area contributed by atoms with Gasteiger partial charge in [-0.25, -0.2) is 0 Å². The van der Waals surface area contributed by atoms with Gasteiger partial charge in [0.15, 0.2) is 13.6 Å². The third-order valence-electron chi connectivity index (χ3n) is 6.22. The van der Waals surface area contributed by atoms with E-state index in [1.807, 2.05) is 36.4 Å². The molecule has 0 amide bonds. The Morgan fingerprint density at radius 2 is 1.43 bits per heavy atom. The van der Waals surface area contributed by atoms with Gasteiger partial charge in [0.25, 0.3) is 0 Å². The Morgan fingerprint density at radius 3 is 2.09 bits per heavy atom. The van der Waals surface area contributed by atoms with E-state index in [1.165, 1.54) is 5.56 Å². The number of benzene rings is 3. The normalized spacial score (nSPS) is 18.9. The maximum atomic E-state index is 6.33. The van der Waals surface area contributed by atoms with Crippen molar-refractivity contribution in [3.05, 3.63) is 83.4 Å². The van der Waals surface area contributed by atoms with Crippen LogP contribution in [0.5, 0.6) is 23.0 Å². The van der Waals surface area contributed by atoms with Gasteiger partial charge < -0.3 is 28.4 Å².